The predicted octanol–water partition coefficient (Wildman–Crippen LogP) is 0.154. The Morgan fingerprint density at radius 2 is 2.00 bits per heavy atom. The molecule has 2 fully saturated rings. The third-order valence-electron chi connectivity index (χ3n) is 2.88. The van der Waals surface area contributed by atoms with E-state index in [0.717, 1.165) is 26.4 Å². The van der Waals surface area contributed by atoms with Crippen LogP contribution in [0.3, 0.4) is 0 Å². The molecule has 0 amide bonds. The summed E-state index contributed by atoms with van der Waals surface area (Å²) in [5.74, 6) is 0. The van der Waals surface area contributed by atoms with Gasteiger partial charge in [0.1, 0.15) is 0 Å². The van der Waals surface area contributed by atoms with Gasteiger partial charge in [0.15, 0.2) is 0 Å². The molecule has 0 bridgehead atoms. The molecule has 2 aliphatic rings. The molecule has 2 heterocycles. The van der Waals surface area contributed by atoms with Crippen molar-refractivity contribution < 1.29 is 9.47 Å². The van der Waals surface area contributed by atoms with Crippen molar-refractivity contribution in [2.45, 2.75) is 25.0 Å². The first-order valence-corrected chi connectivity index (χ1v) is 4.13. The second kappa shape index (κ2) is 2.19. The molecule has 3 nitrogen and oxygen atoms in total. The molecule has 0 aromatic heterocycles. The molecule has 0 radical (unpaired) electrons. The molecule has 0 atom stereocenters. The van der Waals surface area contributed by atoms with Crippen LogP contribution in [-0.4, -0.2) is 37.5 Å². The van der Waals surface area contributed by atoms with Crippen molar-refractivity contribution in [1.82, 2.24) is 5.32 Å². The fourth-order valence-corrected chi connectivity index (χ4v) is 1.70. The Morgan fingerprint density at radius 1 is 1.27 bits per heavy atom. The molecule has 64 valence electrons. The quantitative estimate of drug-likeness (QED) is 0.543. The Morgan fingerprint density at radius 3 is 2.36 bits per heavy atom. The lowest BCUT2D eigenvalue weighted by molar-refractivity contribution is -0.211. The molecule has 2 aliphatic heterocycles. The van der Waals surface area contributed by atoms with Crippen molar-refractivity contribution in [3.05, 3.63) is 0 Å². The molecule has 1 N–H and O–H groups in total. The molecule has 0 unspecified atom stereocenters. The molecule has 0 aliphatic carbocycles. The first kappa shape index (κ1) is 7.53. The largest absolute Gasteiger partial charge is 0.377 e. The van der Waals surface area contributed by atoms with Gasteiger partial charge in [-0.15, -0.1) is 0 Å². The summed E-state index contributed by atoms with van der Waals surface area (Å²) in [6, 6.07) is 0. The molecule has 2 saturated heterocycles. The zero-order valence-electron chi connectivity index (χ0n) is 7.14. The molecular formula is C8H15NO2. The maximum absolute atomic E-state index is 5.68. The van der Waals surface area contributed by atoms with Crippen LogP contribution in [0.4, 0.5) is 0 Å². The van der Waals surface area contributed by atoms with Crippen LogP contribution in [0.1, 0.15) is 13.8 Å². The van der Waals surface area contributed by atoms with Gasteiger partial charge in [-0.3, -0.25) is 0 Å². The maximum Gasteiger partial charge on any atom is 0.0942 e. The normalized spacial score (nSPS) is 33.3. The van der Waals surface area contributed by atoms with Gasteiger partial charge in [-0.05, 0) is 13.8 Å². The number of morpholine rings is 1. The average molecular weight is 157 g/mol. The lowest BCUT2D eigenvalue weighted by atomic mass is 9.79. The van der Waals surface area contributed by atoms with E-state index in [2.05, 4.69) is 19.2 Å². The number of rotatable bonds is 0. The van der Waals surface area contributed by atoms with Gasteiger partial charge in [-0.1, -0.05) is 0 Å². The van der Waals surface area contributed by atoms with E-state index in [0.29, 0.717) is 0 Å². The van der Waals surface area contributed by atoms with Crippen molar-refractivity contribution >= 4 is 0 Å². The van der Waals surface area contributed by atoms with Crippen LogP contribution in [0.15, 0.2) is 0 Å². The van der Waals surface area contributed by atoms with Crippen LogP contribution in [-0.2, 0) is 9.47 Å². The van der Waals surface area contributed by atoms with E-state index >= 15 is 0 Å². The Hall–Kier alpha value is -0.120. The molecule has 1 spiro atoms. The molecule has 0 aromatic rings. The molecule has 0 saturated carbocycles. The van der Waals surface area contributed by atoms with Crippen molar-refractivity contribution in [2.75, 3.05) is 26.4 Å². The minimum Gasteiger partial charge on any atom is -0.377 e. The smallest absolute Gasteiger partial charge is 0.0942 e. The van der Waals surface area contributed by atoms with Crippen LogP contribution in [0.5, 0.6) is 0 Å². The summed E-state index contributed by atoms with van der Waals surface area (Å²) in [6.07, 6.45) is 0. The topological polar surface area (TPSA) is 30.5 Å². The van der Waals surface area contributed by atoms with E-state index in [4.69, 9.17) is 9.47 Å². The van der Waals surface area contributed by atoms with Gasteiger partial charge in [-0.2, -0.15) is 0 Å². The number of hydrogen-bond donors (Lipinski definition) is 1. The zero-order valence-corrected chi connectivity index (χ0v) is 7.14. The molecule has 0 aromatic carbocycles. The van der Waals surface area contributed by atoms with Crippen LogP contribution in [0, 0.1) is 0 Å². The lowest BCUT2D eigenvalue weighted by Crippen LogP contribution is -2.75. The highest BCUT2D eigenvalue weighted by molar-refractivity contribution is 5.08. The minimum atomic E-state index is -0.0660. The first-order chi connectivity index (χ1) is 5.16. The maximum atomic E-state index is 5.68. The Kier molecular flexibility index (Phi) is 1.50. The SMILES string of the molecule is CC1(C)OCCNC12COC2. The summed E-state index contributed by atoms with van der Waals surface area (Å²) in [7, 11) is 0. The average Bonchev–Trinajstić information content (AvgIpc) is 1.83. The molecule has 11 heavy (non-hydrogen) atoms. The fraction of sp³-hybridized carbons (Fsp3) is 1.00. The van der Waals surface area contributed by atoms with Crippen LogP contribution < -0.4 is 5.32 Å². The van der Waals surface area contributed by atoms with Gasteiger partial charge >= 0.3 is 0 Å². The Bertz CT molecular complexity index is 163. The highest BCUT2D eigenvalue weighted by Crippen LogP contribution is 2.34. The van der Waals surface area contributed by atoms with E-state index in [1.165, 1.54) is 0 Å². The van der Waals surface area contributed by atoms with Gasteiger partial charge in [0.05, 0.1) is 31.0 Å². The molecular weight excluding hydrogens is 142 g/mol. The summed E-state index contributed by atoms with van der Waals surface area (Å²) in [5, 5.41) is 3.47. The second-order valence-electron chi connectivity index (χ2n) is 3.86. The first-order valence-electron chi connectivity index (χ1n) is 4.13. The van der Waals surface area contributed by atoms with Gasteiger partial charge in [0.25, 0.3) is 0 Å². The van der Waals surface area contributed by atoms with E-state index in [9.17, 15) is 0 Å². The minimum absolute atomic E-state index is 0.0660. The third kappa shape index (κ3) is 0.916. The summed E-state index contributed by atoms with van der Waals surface area (Å²) in [5.41, 5.74) is 0.0365. The van der Waals surface area contributed by atoms with E-state index in [-0.39, 0.29) is 11.1 Å². The predicted molar refractivity (Wildman–Crippen MR) is 41.6 cm³/mol. The van der Waals surface area contributed by atoms with E-state index in [1.807, 2.05) is 0 Å². The third-order valence-corrected chi connectivity index (χ3v) is 2.88. The van der Waals surface area contributed by atoms with Crippen molar-refractivity contribution in [3.8, 4) is 0 Å². The summed E-state index contributed by atoms with van der Waals surface area (Å²) in [6.45, 7) is 7.60. The van der Waals surface area contributed by atoms with Gasteiger partial charge in [-0.25, -0.2) is 0 Å². The van der Waals surface area contributed by atoms with Crippen LogP contribution in [0.25, 0.3) is 0 Å². The highest BCUT2D eigenvalue weighted by Gasteiger charge is 2.53. The molecule has 3 heteroatoms. The summed E-state index contributed by atoms with van der Waals surface area (Å²) >= 11 is 0. The van der Waals surface area contributed by atoms with E-state index in [1.54, 1.807) is 0 Å². The monoisotopic (exact) mass is 157 g/mol. The van der Waals surface area contributed by atoms with Gasteiger partial charge < -0.3 is 14.8 Å². The number of nitrogens with one attached hydrogen (secondary N) is 1. The van der Waals surface area contributed by atoms with Crippen molar-refractivity contribution in [3.63, 3.8) is 0 Å². The van der Waals surface area contributed by atoms with Crippen molar-refractivity contribution in [1.29, 1.82) is 0 Å². The van der Waals surface area contributed by atoms with E-state index < -0.39 is 0 Å². The van der Waals surface area contributed by atoms with Crippen LogP contribution >= 0.6 is 0 Å². The molecule has 2 rings (SSSR count). The second-order valence-corrected chi connectivity index (χ2v) is 3.86. The zero-order chi connectivity index (χ0) is 7.95. The summed E-state index contributed by atoms with van der Waals surface area (Å²) in [4.78, 5) is 0. The lowest BCUT2D eigenvalue weighted by Gasteiger charge is -2.55. The highest BCUT2D eigenvalue weighted by atomic mass is 16.5. The Labute approximate surface area is 67.1 Å². The van der Waals surface area contributed by atoms with Gasteiger partial charge in [0.2, 0.25) is 0 Å². The number of ether oxygens (including phenoxy) is 2. The van der Waals surface area contributed by atoms with Crippen molar-refractivity contribution in [2.24, 2.45) is 0 Å². The Balaban J connectivity index is 2.15. The van der Waals surface area contributed by atoms with Crippen LogP contribution in [0.2, 0.25) is 0 Å². The fourth-order valence-electron chi connectivity index (χ4n) is 1.70. The van der Waals surface area contributed by atoms with Gasteiger partial charge in [0, 0.05) is 6.54 Å². The summed E-state index contributed by atoms with van der Waals surface area (Å²) < 4.78 is 10.9. The standard InChI is InChI=1S/C8H15NO2/c1-7(2)8(5-10-6-8)9-3-4-11-7/h9H,3-6H2,1-2H3. The number of hydrogen-bond acceptors (Lipinski definition) is 3.